The van der Waals surface area contributed by atoms with Crippen LogP contribution in [-0.2, 0) is 9.53 Å². The molecule has 0 saturated carbocycles. The summed E-state index contributed by atoms with van der Waals surface area (Å²) in [6.07, 6.45) is 1.36. The third-order valence-electron chi connectivity index (χ3n) is 1.42. The van der Waals surface area contributed by atoms with Crippen LogP contribution in [0.1, 0.15) is 10.6 Å². The first-order chi connectivity index (χ1) is 7.20. The fourth-order valence-electron chi connectivity index (χ4n) is 0.816. The second-order valence-corrected chi connectivity index (χ2v) is 2.58. The molecule has 0 aliphatic rings. The Labute approximate surface area is 85.0 Å². The van der Waals surface area contributed by atoms with Gasteiger partial charge in [0, 0.05) is 12.6 Å². The van der Waals surface area contributed by atoms with E-state index < -0.39 is 11.9 Å². The van der Waals surface area contributed by atoms with Crippen LogP contribution in [0.25, 0.3) is 0 Å². The quantitative estimate of drug-likeness (QED) is 0.619. The van der Waals surface area contributed by atoms with Gasteiger partial charge < -0.3 is 19.7 Å². The molecule has 0 radical (unpaired) electrons. The van der Waals surface area contributed by atoms with E-state index in [4.69, 9.17) is 9.84 Å². The van der Waals surface area contributed by atoms with Gasteiger partial charge in [0.05, 0.1) is 12.8 Å². The fourth-order valence-corrected chi connectivity index (χ4v) is 0.816. The Morgan fingerprint density at radius 3 is 3.00 bits per heavy atom. The summed E-state index contributed by atoms with van der Waals surface area (Å²) < 4.78 is 9.30. The molecule has 7 heteroatoms. The Kier molecular flexibility index (Phi) is 4.30. The summed E-state index contributed by atoms with van der Waals surface area (Å²) in [5.74, 6) is -1.35. The smallest absolute Gasteiger partial charge is 0.329 e. The minimum atomic E-state index is -1.04. The lowest BCUT2D eigenvalue weighted by Crippen LogP contribution is -2.27. The first-order valence-corrected chi connectivity index (χ1v) is 4.18. The van der Waals surface area contributed by atoms with Gasteiger partial charge in [-0.1, -0.05) is 5.16 Å². The van der Waals surface area contributed by atoms with Crippen LogP contribution in [0.5, 0.6) is 0 Å². The number of carbonyl (C=O) groups excluding carboxylic acids is 1. The van der Waals surface area contributed by atoms with Gasteiger partial charge in [-0.15, -0.1) is 0 Å². The number of rotatable bonds is 6. The lowest BCUT2D eigenvalue weighted by molar-refractivity contribution is -0.142. The number of carbonyl (C=O) groups is 2. The molecule has 1 heterocycles. The third-order valence-corrected chi connectivity index (χ3v) is 1.42. The minimum absolute atomic E-state index is 0.105. The van der Waals surface area contributed by atoms with E-state index in [0.29, 0.717) is 0 Å². The minimum Gasteiger partial charge on any atom is -0.480 e. The van der Waals surface area contributed by atoms with Crippen LogP contribution >= 0.6 is 0 Å². The van der Waals surface area contributed by atoms with Gasteiger partial charge in [0.25, 0.3) is 5.91 Å². The van der Waals surface area contributed by atoms with E-state index in [1.807, 2.05) is 0 Å². The number of nitrogens with zero attached hydrogens (tertiary/aromatic N) is 1. The summed E-state index contributed by atoms with van der Waals surface area (Å²) in [7, 11) is 0. The third kappa shape index (κ3) is 4.23. The summed E-state index contributed by atoms with van der Waals surface area (Å²) in [4.78, 5) is 21.2. The van der Waals surface area contributed by atoms with Crippen LogP contribution in [-0.4, -0.2) is 41.9 Å². The largest absolute Gasteiger partial charge is 0.480 e. The maximum absolute atomic E-state index is 11.2. The molecule has 0 aliphatic carbocycles. The molecule has 0 aliphatic heterocycles. The van der Waals surface area contributed by atoms with Crippen molar-refractivity contribution in [3.05, 3.63) is 18.0 Å². The maximum atomic E-state index is 11.2. The molecular formula is C8H10N2O5. The molecule has 0 saturated heterocycles. The number of ether oxygens (including phenoxy) is 1. The van der Waals surface area contributed by atoms with Gasteiger partial charge in [-0.25, -0.2) is 4.79 Å². The number of hydrogen-bond acceptors (Lipinski definition) is 5. The number of aliphatic carboxylic acids is 1. The summed E-state index contributed by atoms with van der Waals surface area (Å²) in [6, 6.07) is 1.42. The summed E-state index contributed by atoms with van der Waals surface area (Å²) in [5.41, 5.74) is 0. The molecular weight excluding hydrogens is 204 g/mol. The summed E-state index contributed by atoms with van der Waals surface area (Å²) in [6.45, 7) is -0.0306. The average molecular weight is 214 g/mol. The predicted molar refractivity (Wildman–Crippen MR) is 47.3 cm³/mol. The van der Waals surface area contributed by atoms with Crippen LogP contribution in [0, 0.1) is 0 Å². The average Bonchev–Trinajstić information content (AvgIpc) is 2.69. The van der Waals surface area contributed by atoms with Gasteiger partial charge in [0.15, 0.2) is 0 Å². The molecule has 0 unspecified atom stereocenters. The second kappa shape index (κ2) is 5.76. The van der Waals surface area contributed by atoms with Crippen molar-refractivity contribution in [1.82, 2.24) is 10.5 Å². The van der Waals surface area contributed by atoms with E-state index in [9.17, 15) is 9.59 Å². The van der Waals surface area contributed by atoms with Crippen molar-refractivity contribution in [2.75, 3.05) is 19.8 Å². The molecule has 0 spiro atoms. The van der Waals surface area contributed by atoms with Gasteiger partial charge in [-0.2, -0.15) is 0 Å². The summed E-state index contributed by atoms with van der Waals surface area (Å²) >= 11 is 0. The Morgan fingerprint density at radius 1 is 1.60 bits per heavy atom. The van der Waals surface area contributed by atoms with E-state index in [1.165, 1.54) is 12.3 Å². The predicted octanol–water partition coefficient (Wildman–Crippen LogP) is -0.494. The van der Waals surface area contributed by atoms with Crippen molar-refractivity contribution < 1.29 is 24.0 Å². The summed E-state index contributed by atoms with van der Waals surface area (Å²) in [5, 5.41) is 14.1. The van der Waals surface area contributed by atoms with E-state index in [1.54, 1.807) is 0 Å². The van der Waals surface area contributed by atoms with Crippen LogP contribution < -0.4 is 5.32 Å². The first kappa shape index (κ1) is 11.2. The molecule has 1 aromatic rings. The van der Waals surface area contributed by atoms with E-state index >= 15 is 0 Å². The Bertz CT molecular complexity index is 322. The van der Waals surface area contributed by atoms with Crippen molar-refractivity contribution in [2.24, 2.45) is 0 Å². The fraction of sp³-hybridized carbons (Fsp3) is 0.375. The first-order valence-electron chi connectivity index (χ1n) is 4.18. The molecule has 0 bridgehead atoms. The van der Waals surface area contributed by atoms with Crippen molar-refractivity contribution >= 4 is 11.9 Å². The Hall–Kier alpha value is -1.89. The normalized spacial score (nSPS) is 9.87. The van der Waals surface area contributed by atoms with Gasteiger partial charge in [0.2, 0.25) is 5.76 Å². The van der Waals surface area contributed by atoms with Gasteiger partial charge in [-0.3, -0.25) is 4.79 Å². The number of nitrogens with one attached hydrogen (secondary N) is 1. The van der Waals surface area contributed by atoms with Crippen molar-refractivity contribution in [3.63, 3.8) is 0 Å². The topological polar surface area (TPSA) is 102 Å². The van der Waals surface area contributed by atoms with Gasteiger partial charge in [-0.05, 0) is 0 Å². The molecule has 1 rings (SSSR count). The van der Waals surface area contributed by atoms with E-state index in [0.717, 1.165) is 0 Å². The monoisotopic (exact) mass is 214 g/mol. The van der Waals surface area contributed by atoms with Crippen LogP contribution in [0.2, 0.25) is 0 Å². The zero-order valence-electron chi connectivity index (χ0n) is 7.80. The van der Waals surface area contributed by atoms with Crippen molar-refractivity contribution in [1.29, 1.82) is 0 Å². The highest BCUT2D eigenvalue weighted by atomic mass is 16.5. The molecule has 15 heavy (non-hydrogen) atoms. The van der Waals surface area contributed by atoms with Gasteiger partial charge >= 0.3 is 5.97 Å². The molecule has 82 valence electrons. The van der Waals surface area contributed by atoms with Crippen LogP contribution in [0.15, 0.2) is 16.8 Å². The highest BCUT2D eigenvalue weighted by Gasteiger charge is 2.07. The molecule has 1 aromatic heterocycles. The molecule has 0 atom stereocenters. The Balaban J connectivity index is 2.10. The van der Waals surface area contributed by atoms with E-state index in [-0.39, 0.29) is 25.5 Å². The van der Waals surface area contributed by atoms with Gasteiger partial charge in [0.1, 0.15) is 6.61 Å². The standard InChI is InChI=1S/C8H10N2O5/c11-7(12)5-14-4-3-9-8(13)6-1-2-10-15-6/h1-2H,3-5H2,(H,9,13)(H,11,12). The van der Waals surface area contributed by atoms with Crippen LogP contribution in [0.3, 0.4) is 0 Å². The number of carboxylic acid groups (broad SMARTS) is 1. The number of hydrogen-bond donors (Lipinski definition) is 2. The molecule has 0 aromatic carbocycles. The number of aromatic nitrogens is 1. The number of amides is 1. The maximum Gasteiger partial charge on any atom is 0.329 e. The lowest BCUT2D eigenvalue weighted by Gasteiger charge is -2.02. The highest BCUT2D eigenvalue weighted by Crippen LogP contribution is 1.94. The van der Waals surface area contributed by atoms with Crippen molar-refractivity contribution in [3.8, 4) is 0 Å². The van der Waals surface area contributed by atoms with Crippen molar-refractivity contribution in [2.45, 2.75) is 0 Å². The Morgan fingerprint density at radius 2 is 2.40 bits per heavy atom. The SMILES string of the molecule is O=C(O)COCCNC(=O)c1ccno1. The zero-order chi connectivity index (χ0) is 11.1. The van der Waals surface area contributed by atoms with E-state index in [2.05, 4.69) is 15.0 Å². The molecule has 0 fully saturated rings. The van der Waals surface area contributed by atoms with Crippen LogP contribution in [0.4, 0.5) is 0 Å². The second-order valence-electron chi connectivity index (χ2n) is 2.58. The molecule has 1 amide bonds. The zero-order valence-corrected chi connectivity index (χ0v) is 7.80. The number of carboxylic acids is 1. The highest BCUT2D eigenvalue weighted by molar-refractivity contribution is 5.91. The lowest BCUT2D eigenvalue weighted by atomic mass is 10.4. The molecule has 2 N–H and O–H groups in total. The molecule has 7 nitrogen and oxygen atoms in total.